The largest absolute Gasteiger partial charge is 0.366 e. The lowest BCUT2D eigenvalue weighted by atomic mass is 10.1. The maximum absolute atomic E-state index is 11.7. The molecule has 0 radical (unpaired) electrons. The second-order valence-electron chi connectivity index (χ2n) is 4.50. The number of amides is 2. The van der Waals surface area contributed by atoms with E-state index in [1.54, 1.807) is 0 Å². The van der Waals surface area contributed by atoms with Gasteiger partial charge >= 0.3 is 0 Å². The second-order valence-corrected chi connectivity index (χ2v) is 4.50. The fourth-order valence-corrected chi connectivity index (χ4v) is 1.08. The van der Waals surface area contributed by atoms with Gasteiger partial charge in [0.2, 0.25) is 5.91 Å². The molecule has 3 N–H and O–H groups in total. The first kappa shape index (κ1) is 12.2. The van der Waals surface area contributed by atoms with Gasteiger partial charge < -0.3 is 11.1 Å². The van der Waals surface area contributed by atoms with E-state index in [1.807, 2.05) is 20.8 Å². The average molecular weight is 221 g/mol. The number of nitrogens with one attached hydrogen (secondary N) is 1. The number of nitrogens with zero attached hydrogens (tertiary/aromatic N) is 1. The molecule has 0 saturated heterocycles. The average Bonchev–Trinajstić information content (AvgIpc) is 2.15. The predicted octanol–water partition coefficient (Wildman–Crippen LogP) is 0.709. The van der Waals surface area contributed by atoms with E-state index in [4.69, 9.17) is 5.73 Å². The number of aromatic nitrogens is 1. The van der Waals surface area contributed by atoms with Crippen LogP contribution in [0.15, 0.2) is 18.3 Å². The van der Waals surface area contributed by atoms with Crippen LogP contribution in [0.3, 0.4) is 0 Å². The molecule has 5 nitrogen and oxygen atoms in total. The van der Waals surface area contributed by atoms with Crippen molar-refractivity contribution in [1.82, 2.24) is 10.3 Å². The normalized spacial score (nSPS) is 10.9. The van der Waals surface area contributed by atoms with Crippen LogP contribution in [-0.4, -0.2) is 22.3 Å². The fourth-order valence-electron chi connectivity index (χ4n) is 1.08. The number of nitrogens with two attached hydrogens (primary N) is 1. The van der Waals surface area contributed by atoms with Gasteiger partial charge in [-0.3, -0.25) is 14.6 Å². The Morgan fingerprint density at radius 1 is 1.31 bits per heavy atom. The van der Waals surface area contributed by atoms with E-state index in [0.29, 0.717) is 0 Å². The van der Waals surface area contributed by atoms with Crippen LogP contribution < -0.4 is 11.1 Å². The Kier molecular flexibility index (Phi) is 3.27. The second kappa shape index (κ2) is 4.30. The van der Waals surface area contributed by atoms with Gasteiger partial charge in [0.1, 0.15) is 5.69 Å². The van der Waals surface area contributed by atoms with Crippen LogP contribution in [0, 0.1) is 0 Å². The summed E-state index contributed by atoms with van der Waals surface area (Å²) >= 11 is 0. The van der Waals surface area contributed by atoms with Crippen molar-refractivity contribution in [3.05, 3.63) is 29.6 Å². The van der Waals surface area contributed by atoms with E-state index in [2.05, 4.69) is 10.3 Å². The molecule has 1 aromatic heterocycles. The lowest BCUT2D eigenvalue weighted by molar-refractivity contribution is 0.0912. The van der Waals surface area contributed by atoms with Gasteiger partial charge in [-0.2, -0.15) is 0 Å². The zero-order valence-corrected chi connectivity index (χ0v) is 9.57. The molecule has 0 aliphatic carbocycles. The van der Waals surface area contributed by atoms with Crippen molar-refractivity contribution in [1.29, 1.82) is 0 Å². The lowest BCUT2D eigenvalue weighted by Gasteiger charge is -2.20. The molecule has 16 heavy (non-hydrogen) atoms. The summed E-state index contributed by atoms with van der Waals surface area (Å²) in [6, 6.07) is 2.95. The highest BCUT2D eigenvalue weighted by Crippen LogP contribution is 2.03. The van der Waals surface area contributed by atoms with Gasteiger partial charge in [-0.25, -0.2) is 0 Å². The number of carbonyl (C=O) groups excluding carboxylic acids is 2. The number of hydrogen-bond donors (Lipinski definition) is 2. The number of rotatable bonds is 2. The number of carbonyl (C=O) groups is 2. The first-order valence-electron chi connectivity index (χ1n) is 4.88. The minimum absolute atomic E-state index is 0.264. The molecule has 0 spiro atoms. The smallest absolute Gasteiger partial charge is 0.270 e. The van der Waals surface area contributed by atoms with Crippen LogP contribution in [0.1, 0.15) is 41.6 Å². The SMILES string of the molecule is CC(C)(C)NC(=O)c1ccc(C(N)=O)cn1. The molecular weight excluding hydrogens is 206 g/mol. The van der Waals surface area contributed by atoms with Crippen LogP contribution >= 0.6 is 0 Å². The highest BCUT2D eigenvalue weighted by Gasteiger charge is 2.16. The van der Waals surface area contributed by atoms with E-state index in [9.17, 15) is 9.59 Å². The predicted molar refractivity (Wildman–Crippen MR) is 60.0 cm³/mol. The Bertz CT molecular complexity index is 404. The molecule has 0 fully saturated rings. The van der Waals surface area contributed by atoms with Gasteiger partial charge in [0.15, 0.2) is 0 Å². The van der Waals surface area contributed by atoms with Crippen molar-refractivity contribution >= 4 is 11.8 Å². The summed E-state index contributed by atoms with van der Waals surface area (Å²) in [6.07, 6.45) is 1.29. The Morgan fingerprint density at radius 2 is 1.94 bits per heavy atom. The van der Waals surface area contributed by atoms with E-state index in [0.717, 1.165) is 0 Å². The van der Waals surface area contributed by atoms with Crippen molar-refractivity contribution < 1.29 is 9.59 Å². The minimum atomic E-state index is -0.560. The minimum Gasteiger partial charge on any atom is -0.366 e. The molecule has 5 heteroatoms. The van der Waals surface area contributed by atoms with Gasteiger partial charge in [0.25, 0.3) is 5.91 Å². The summed E-state index contributed by atoms with van der Waals surface area (Å²) in [5.41, 5.74) is 5.29. The van der Waals surface area contributed by atoms with Crippen molar-refractivity contribution in [3.63, 3.8) is 0 Å². The van der Waals surface area contributed by atoms with Gasteiger partial charge in [-0.15, -0.1) is 0 Å². The third-order valence-corrected chi connectivity index (χ3v) is 1.77. The summed E-state index contributed by atoms with van der Waals surface area (Å²) in [5.74, 6) is -0.834. The molecule has 0 aromatic carbocycles. The maximum Gasteiger partial charge on any atom is 0.270 e. The number of hydrogen-bond acceptors (Lipinski definition) is 3. The molecule has 0 saturated carbocycles. The third kappa shape index (κ3) is 3.34. The quantitative estimate of drug-likeness (QED) is 0.771. The molecule has 1 heterocycles. The molecule has 86 valence electrons. The molecule has 0 bridgehead atoms. The van der Waals surface area contributed by atoms with Gasteiger partial charge in [-0.1, -0.05) is 0 Å². The third-order valence-electron chi connectivity index (χ3n) is 1.77. The Balaban J connectivity index is 2.82. The summed E-state index contributed by atoms with van der Waals surface area (Å²) < 4.78 is 0. The summed E-state index contributed by atoms with van der Waals surface area (Å²) in [6.45, 7) is 5.63. The topological polar surface area (TPSA) is 85.1 Å². The zero-order valence-electron chi connectivity index (χ0n) is 9.57. The van der Waals surface area contributed by atoms with Crippen LogP contribution in [0.5, 0.6) is 0 Å². The number of pyridine rings is 1. The Morgan fingerprint density at radius 3 is 2.31 bits per heavy atom. The monoisotopic (exact) mass is 221 g/mol. The molecule has 0 aliphatic rings. The molecular formula is C11H15N3O2. The van der Waals surface area contributed by atoms with E-state index >= 15 is 0 Å². The molecule has 0 atom stereocenters. The molecule has 1 aromatic rings. The maximum atomic E-state index is 11.7. The first-order valence-corrected chi connectivity index (χ1v) is 4.88. The van der Waals surface area contributed by atoms with E-state index < -0.39 is 5.91 Å². The molecule has 0 aliphatic heterocycles. The highest BCUT2D eigenvalue weighted by atomic mass is 16.2. The van der Waals surface area contributed by atoms with Crippen molar-refractivity contribution in [2.24, 2.45) is 5.73 Å². The van der Waals surface area contributed by atoms with Crippen LogP contribution in [0.25, 0.3) is 0 Å². The van der Waals surface area contributed by atoms with Crippen LogP contribution in [-0.2, 0) is 0 Å². The van der Waals surface area contributed by atoms with Gasteiger partial charge in [-0.05, 0) is 32.9 Å². The zero-order chi connectivity index (χ0) is 12.3. The van der Waals surface area contributed by atoms with Crippen molar-refractivity contribution in [3.8, 4) is 0 Å². The number of primary amides is 1. The van der Waals surface area contributed by atoms with Gasteiger partial charge in [0.05, 0.1) is 5.56 Å². The Hall–Kier alpha value is -1.91. The van der Waals surface area contributed by atoms with Crippen LogP contribution in [0.2, 0.25) is 0 Å². The molecule has 1 rings (SSSR count). The summed E-state index contributed by atoms with van der Waals surface area (Å²) in [4.78, 5) is 26.3. The van der Waals surface area contributed by atoms with Gasteiger partial charge in [0, 0.05) is 11.7 Å². The molecule has 2 amide bonds. The first-order chi connectivity index (χ1) is 7.29. The van der Waals surface area contributed by atoms with E-state index in [-0.39, 0.29) is 22.7 Å². The highest BCUT2D eigenvalue weighted by molar-refractivity contribution is 5.95. The summed E-state index contributed by atoms with van der Waals surface area (Å²) in [7, 11) is 0. The van der Waals surface area contributed by atoms with E-state index in [1.165, 1.54) is 18.3 Å². The van der Waals surface area contributed by atoms with Crippen LogP contribution in [0.4, 0.5) is 0 Å². The molecule has 0 unspecified atom stereocenters. The Labute approximate surface area is 94.1 Å². The standard InChI is InChI=1S/C11H15N3O2/c1-11(2,3)14-10(16)8-5-4-7(6-13-8)9(12)15/h4-6H,1-3H3,(H2,12,15)(H,14,16). The fraction of sp³-hybridized carbons (Fsp3) is 0.364. The lowest BCUT2D eigenvalue weighted by Crippen LogP contribution is -2.40. The summed E-state index contributed by atoms with van der Waals surface area (Å²) in [5, 5.41) is 2.77. The van der Waals surface area contributed by atoms with Crippen molar-refractivity contribution in [2.45, 2.75) is 26.3 Å². The van der Waals surface area contributed by atoms with Crippen molar-refractivity contribution in [2.75, 3.05) is 0 Å².